The molecule has 0 unspecified atom stereocenters. The van der Waals surface area contributed by atoms with E-state index in [1.165, 1.54) is 4.57 Å². The maximum absolute atomic E-state index is 12.4. The molecule has 0 saturated carbocycles. The average molecular weight is 294 g/mol. The number of nitrogens with zero attached hydrogens (tertiary/aromatic N) is 2. The third-order valence-corrected chi connectivity index (χ3v) is 4.17. The molecule has 106 valence electrons. The molecule has 5 nitrogen and oxygen atoms in total. The van der Waals surface area contributed by atoms with Crippen LogP contribution in [0.15, 0.2) is 27.8 Å². The molecule has 1 aromatic heterocycles. The van der Waals surface area contributed by atoms with Crippen LogP contribution < -0.4 is 16.4 Å². The summed E-state index contributed by atoms with van der Waals surface area (Å²) >= 11 is 6.06. The predicted octanol–water partition coefficient (Wildman–Crippen LogP) is 1.28. The molecule has 0 aliphatic carbocycles. The summed E-state index contributed by atoms with van der Waals surface area (Å²) in [7, 11) is 1.62. The van der Waals surface area contributed by atoms with E-state index in [1.807, 2.05) is 0 Å². The van der Waals surface area contributed by atoms with Crippen LogP contribution in [0.5, 0.6) is 0 Å². The molecular formula is C14H16ClN3O2. The van der Waals surface area contributed by atoms with Crippen LogP contribution in [-0.2, 0) is 7.05 Å². The molecule has 0 amide bonds. The van der Waals surface area contributed by atoms with E-state index in [0.29, 0.717) is 5.02 Å². The average Bonchev–Trinajstić information content (AvgIpc) is 2.46. The molecule has 1 aliphatic rings. The van der Waals surface area contributed by atoms with Gasteiger partial charge in [-0.1, -0.05) is 11.6 Å². The minimum Gasteiger partial charge on any atom is -0.317 e. The molecule has 0 bridgehead atoms. The monoisotopic (exact) mass is 293 g/mol. The number of rotatable bonds is 1. The Hall–Kier alpha value is -1.59. The lowest BCUT2D eigenvalue weighted by Crippen LogP contribution is -2.44. The minimum atomic E-state index is -0.488. The molecule has 6 heteroatoms. The highest BCUT2D eigenvalue weighted by Crippen LogP contribution is 2.23. The molecule has 1 aromatic carbocycles. The largest absolute Gasteiger partial charge is 0.317 e. The van der Waals surface area contributed by atoms with E-state index in [-0.39, 0.29) is 6.04 Å². The van der Waals surface area contributed by atoms with Crippen LogP contribution in [0, 0.1) is 0 Å². The highest BCUT2D eigenvalue weighted by atomic mass is 35.5. The number of nitrogens with one attached hydrogen (secondary N) is 1. The van der Waals surface area contributed by atoms with E-state index in [0.717, 1.165) is 37.0 Å². The lowest BCUT2D eigenvalue weighted by atomic mass is 10.1. The molecule has 1 N–H and O–H groups in total. The number of aryl methyl sites for hydroxylation is 1. The van der Waals surface area contributed by atoms with Crippen molar-refractivity contribution in [1.82, 2.24) is 14.5 Å². The summed E-state index contributed by atoms with van der Waals surface area (Å²) < 4.78 is 3.02. The smallest absolute Gasteiger partial charge is 0.317 e. The van der Waals surface area contributed by atoms with Crippen LogP contribution in [-0.4, -0.2) is 22.2 Å². The molecule has 0 atom stereocenters. The van der Waals surface area contributed by atoms with Crippen molar-refractivity contribution in [3.63, 3.8) is 0 Å². The van der Waals surface area contributed by atoms with Crippen molar-refractivity contribution in [2.45, 2.75) is 18.9 Å². The topological polar surface area (TPSA) is 56.0 Å². The Labute approximate surface area is 120 Å². The van der Waals surface area contributed by atoms with Crippen molar-refractivity contribution in [3.05, 3.63) is 43.9 Å². The van der Waals surface area contributed by atoms with Gasteiger partial charge in [0.05, 0.1) is 11.0 Å². The van der Waals surface area contributed by atoms with Gasteiger partial charge in [-0.05, 0) is 44.1 Å². The first-order valence-electron chi connectivity index (χ1n) is 6.71. The summed E-state index contributed by atoms with van der Waals surface area (Å²) in [4.78, 5) is 24.5. The van der Waals surface area contributed by atoms with Crippen molar-refractivity contribution in [3.8, 4) is 0 Å². The van der Waals surface area contributed by atoms with Crippen LogP contribution >= 0.6 is 11.6 Å². The van der Waals surface area contributed by atoms with E-state index >= 15 is 0 Å². The van der Waals surface area contributed by atoms with Gasteiger partial charge in [0.15, 0.2) is 0 Å². The maximum Gasteiger partial charge on any atom is 0.317 e. The van der Waals surface area contributed by atoms with Crippen LogP contribution in [0.3, 0.4) is 0 Å². The van der Waals surface area contributed by atoms with E-state index in [4.69, 9.17) is 11.6 Å². The fourth-order valence-corrected chi connectivity index (χ4v) is 3.03. The third kappa shape index (κ3) is 2.07. The number of halogens is 1. The molecule has 1 saturated heterocycles. The first-order chi connectivity index (χ1) is 9.59. The highest BCUT2D eigenvalue weighted by molar-refractivity contribution is 6.31. The van der Waals surface area contributed by atoms with Crippen LogP contribution in [0.25, 0.3) is 11.0 Å². The molecule has 2 heterocycles. The minimum absolute atomic E-state index is 0.0543. The van der Waals surface area contributed by atoms with E-state index < -0.39 is 11.1 Å². The van der Waals surface area contributed by atoms with Crippen molar-refractivity contribution in [2.75, 3.05) is 13.1 Å². The lowest BCUT2D eigenvalue weighted by molar-refractivity contribution is 0.366. The van der Waals surface area contributed by atoms with E-state index in [2.05, 4.69) is 5.32 Å². The third-order valence-electron chi connectivity index (χ3n) is 3.94. The summed E-state index contributed by atoms with van der Waals surface area (Å²) in [6.45, 7) is 1.71. The summed E-state index contributed by atoms with van der Waals surface area (Å²) in [6.07, 6.45) is 1.68. The summed E-state index contributed by atoms with van der Waals surface area (Å²) in [5, 5.41) is 3.83. The van der Waals surface area contributed by atoms with Crippen LogP contribution in [0.4, 0.5) is 0 Å². The summed E-state index contributed by atoms with van der Waals surface area (Å²) in [5.41, 5.74) is 0.515. The zero-order chi connectivity index (χ0) is 14.3. The Morgan fingerprint density at radius 3 is 2.55 bits per heavy atom. The molecule has 20 heavy (non-hydrogen) atoms. The van der Waals surface area contributed by atoms with Crippen molar-refractivity contribution < 1.29 is 0 Å². The molecule has 0 spiro atoms. The zero-order valence-electron chi connectivity index (χ0n) is 11.2. The summed E-state index contributed by atoms with van der Waals surface area (Å²) in [5.74, 6) is 0. The fraction of sp³-hybridized carbons (Fsp3) is 0.429. The Balaban J connectivity index is 2.36. The summed E-state index contributed by atoms with van der Waals surface area (Å²) in [6, 6.07) is 5.34. The molecule has 3 rings (SSSR count). The van der Waals surface area contributed by atoms with Gasteiger partial charge in [-0.3, -0.25) is 14.2 Å². The SMILES string of the molecule is Cn1c(=O)c(=O)n(C2CCNCC2)c2cc(Cl)ccc21. The second-order valence-corrected chi connectivity index (χ2v) is 5.59. The van der Waals surface area contributed by atoms with Gasteiger partial charge < -0.3 is 9.88 Å². The number of aromatic nitrogens is 2. The molecule has 0 radical (unpaired) electrons. The second kappa shape index (κ2) is 5.07. The van der Waals surface area contributed by atoms with Crippen molar-refractivity contribution in [1.29, 1.82) is 0 Å². The van der Waals surface area contributed by atoms with Gasteiger partial charge in [0.25, 0.3) is 0 Å². The number of hydrogen-bond donors (Lipinski definition) is 1. The van der Waals surface area contributed by atoms with Gasteiger partial charge >= 0.3 is 11.1 Å². The molecule has 1 fully saturated rings. The normalized spacial score (nSPS) is 16.7. The van der Waals surface area contributed by atoms with Crippen LogP contribution in [0.1, 0.15) is 18.9 Å². The Morgan fingerprint density at radius 1 is 1.15 bits per heavy atom. The first kappa shape index (κ1) is 13.4. The maximum atomic E-state index is 12.4. The number of piperidine rings is 1. The van der Waals surface area contributed by atoms with E-state index in [9.17, 15) is 9.59 Å². The van der Waals surface area contributed by atoms with Gasteiger partial charge in [0.2, 0.25) is 0 Å². The Kier molecular flexibility index (Phi) is 3.40. The van der Waals surface area contributed by atoms with Gasteiger partial charge in [-0.15, -0.1) is 0 Å². The first-order valence-corrected chi connectivity index (χ1v) is 7.09. The Morgan fingerprint density at radius 2 is 1.85 bits per heavy atom. The van der Waals surface area contributed by atoms with Gasteiger partial charge in [-0.2, -0.15) is 0 Å². The zero-order valence-corrected chi connectivity index (χ0v) is 12.0. The standard InChI is InChI=1S/C14H16ClN3O2/c1-17-11-3-2-9(15)8-12(11)18(14(20)13(17)19)10-4-6-16-7-5-10/h2-3,8,10,16H,4-7H2,1H3. The lowest BCUT2D eigenvalue weighted by Gasteiger charge is -2.26. The van der Waals surface area contributed by atoms with Gasteiger partial charge in [0.1, 0.15) is 0 Å². The van der Waals surface area contributed by atoms with E-state index in [1.54, 1.807) is 29.8 Å². The van der Waals surface area contributed by atoms with Crippen LogP contribution in [0.2, 0.25) is 5.02 Å². The van der Waals surface area contributed by atoms with Crippen molar-refractivity contribution >= 4 is 22.6 Å². The molecular weight excluding hydrogens is 278 g/mol. The second-order valence-electron chi connectivity index (χ2n) is 5.15. The quantitative estimate of drug-likeness (QED) is 0.806. The molecule has 1 aliphatic heterocycles. The van der Waals surface area contributed by atoms with Gasteiger partial charge in [0, 0.05) is 18.1 Å². The van der Waals surface area contributed by atoms with Crippen molar-refractivity contribution in [2.24, 2.45) is 7.05 Å². The Bertz CT molecular complexity index is 772. The van der Waals surface area contributed by atoms with Gasteiger partial charge in [-0.25, -0.2) is 0 Å². The number of hydrogen-bond acceptors (Lipinski definition) is 3. The highest BCUT2D eigenvalue weighted by Gasteiger charge is 2.21. The number of fused-ring (bicyclic) bond motifs is 1. The predicted molar refractivity (Wildman–Crippen MR) is 79.6 cm³/mol. The fourth-order valence-electron chi connectivity index (χ4n) is 2.87. The molecule has 2 aromatic rings. The number of benzene rings is 1.